The Morgan fingerprint density at radius 1 is 1.32 bits per heavy atom. The molecule has 1 saturated carbocycles. The quantitative estimate of drug-likeness (QED) is 0.613. The van der Waals surface area contributed by atoms with Crippen molar-refractivity contribution in [2.75, 3.05) is 7.11 Å². The van der Waals surface area contributed by atoms with E-state index in [1.807, 2.05) is 0 Å². The van der Waals surface area contributed by atoms with E-state index in [1.54, 1.807) is 0 Å². The third kappa shape index (κ3) is 2.71. The Morgan fingerprint density at radius 2 is 1.84 bits per heavy atom. The van der Waals surface area contributed by atoms with Gasteiger partial charge in [-0.1, -0.05) is 12.1 Å². The van der Waals surface area contributed by atoms with Crippen LogP contribution in [0.1, 0.15) is 24.0 Å². The van der Waals surface area contributed by atoms with E-state index >= 15 is 0 Å². The van der Waals surface area contributed by atoms with Crippen molar-refractivity contribution in [2.24, 2.45) is 5.92 Å². The molecule has 0 N–H and O–H groups in total. The number of halogens is 4. The van der Waals surface area contributed by atoms with E-state index in [0.29, 0.717) is 18.4 Å². The van der Waals surface area contributed by atoms with Crippen molar-refractivity contribution in [1.82, 2.24) is 0 Å². The molecule has 1 aromatic carbocycles. The fraction of sp³-hybridized carbons (Fsp3) is 0.462. The average molecular weight is 293 g/mol. The van der Waals surface area contributed by atoms with Crippen LogP contribution in [0.15, 0.2) is 24.3 Å². The van der Waals surface area contributed by atoms with E-state index in [1.165, 1.54) is 19.2 Å². The van der Waals surface area contributed by atoms with E-state index < -0.39 is 16.6 Å². The molecule has 0 heterocycles. The van der Waals surface area contributed by atoms with Crippen LogP contribution in [0.3, 0.4) is 0 Å². The van der Waals surface area contributed by atoms with Gasteiger partial charge < -0.3 is 4.74 Å². The molecule has 19 heavy (non-hydrogen) atoms. The van der Waals surface area contributed by atoms with Crippen LogP contribution in [0.2, 0.25) is 0 Å². The molecule has 1 aliphatic carbocycles. The molecule has 0 bridgehead atoms. The number of esters is 1. The van der Waals surface area contributed by atoms with Crippen molar-refractivity contribution in [2.45, 2.75) is 23.9 Å². The van der Waals surface area contributed by atoms with Gasteiger partial charge in [-0.3, -0.25) is 4.79 Å². The lowest BCUT2D eigenvalue weighted by atomic mass is 9.70. The Morgan fingerprint density at radius 3 is 2.26 bits per heavy atom. The summed E-state index contributed by atoms with van der Waals surface area (Å²) in [5, 5.41) is 0. The normalized spacial score (nSPS) is 26.7. The molecule has 6 heteroatoms. The smallest absolute Gasteiger partial charge is 0.416 e. The topological polar surface area (TPSA) is 26.3 Å². The number of hydrogen-bond acceptors (Lipinski definition) is 2. The number of methoxy groups -OCH3 is 1. The van der Waals surface area contributed by atoms with E-state index in [9.17, 15) is 18.0 Å². The second kappa shape index (κ2) is 4.71. The van der Waals surface area contributed by atoms with Crippen molar-refractivity contribution in [3.63, 3.8) is 0 Å². The van der Waals surface area contributed by atoms with Crippen LogP contribution in [0, 0.1) is 5.92 Å². The summed E-state index contributed by atoms with van der Waals surface area (Å²) in [5.41, 5.74) is -0.109. The van der Waals surface area contributed by atoms with Crippen molar-refractivity contribution in [1.29, 1.82) is 0 Å². The molecule has 104 valence electrons. The third-order valence-electron chi connectivity index (χ3n) is 3.40. The third-order valence-corrected chi connectivity index (χ3v) is 3.93. The molecule has 1 aromatic rings. The molecular weight excluding hydrogens is 281 g/mol. The lowest BCUT2D eigenvalue weighted by Crippen LogP contribution is -2.41. The van der Waals surface area contributed by atoms with Crippen LogP contribution in [0.25, 0.3) is 0 Å². The number of ether oxygens (including phenoxy) is 1. The molecule has 0 amide bonds. The predicted molar refractivity (Wildman–Crippen MR) is 63.7 cm³/mol. The van der Waals surface area contributed by atoms with Gasteiger partial charge in [0.25, 0.3) is 0 Å². The minimum atomic E-state index is -4.35. The largest absolute Gasteiger partial charge is 0.469 e. The zero-order valence-corrected chi connectivity index (χ0v) is 10.9. The maximum Gasteiger partial charge on any atom is 0.416 e. The fourth-order valence-corrected chi connectivity index (χ4v) is 2.75. The standard InChI is InChI=1S/C13H12ClF3O2/c1-19-11(18)8-6-12(14,7-8)9-2-4-10(5-3-9)13(15,16)17/h2-5,8H,6-7H2,1H3. The molecule has 0 radical (unpaired) electrons. The highest BCUT2D eigenvalue weighted by molar-refractivity contribution is 6.25. The maximum atomic E-state index is 12.4. The first kappa shape index (κ1) is 14.2. The SMILES string of the molecule is COC(=O)C1CC(Cl)(c2ccc(C(F)(F)F)cc2)C1. The molecule has 0 spiro atoms. The second-order valence-corrected chi connectivity index (χ2v) is 5.39. The molecule has 2 nitrogen and oxygen atoms in total. The Hall–Kier alpha value is -1.23. The van der Waals surface area contributed by atoms with E-state index in [4.69, 9.17) is 11.6 Å². The predicted octanol–water partition coefficient (Wildman–Crippen LogP) is 3.72. The fourth-order valence-electron chi connectivity index (χ4n) is 2.25. The van der Waals surface area contributed by atoms with Gasteiger partial charge in [-0.05, 0) is 30.5 Å². The van der Waals surface area contributed by atoms with E-state index in [-0.39, 0.29) is 11.9 Å². The molecule has 2 rings (SSSR count). The van der Waals surface area contributed by atoms with Crippen LogP contribution >= 0.6 is 11.6 Å². The van der Waals surface area contributed by atoms with Crippen molar-refractivity contribution in [3.05, 3.63) is 35.4 Å². The molecule has 0 aromatic heterocycles. The lowest BCUT2D eigenvalue weighted by Gasteiger charge is -2.41. The second-order valence-electron chi connectivity index (χ2n) is 4.67. The molecular formula is C13H12ClF3O2. The van der Waals surface area contributed by atoms with Gasteiger partial charge in [0.15, 0.2) is 0 Å². The maximum absolute atomic E-state index is 12.4. The van der Waals surface area contributed by atoms with Crippen molar-refractivity contribution in [3.8, 4) is 0 Å². The number of carbonyl (C=O) groups excluding carboxylic acids is 1. The summed E-state index contributed by atoms with van der Waals surface area (Å²) in [6, 6.07) is 4.74. The average Bonchev–Trinajstić information content (AvgIpc) is 2.33. The van der Waals surface area contributed by atoms with E-state index in [0.717, 1.165) is 12.1 Å². The number of benzene rings is 1. The van der Waals surface area contributed by atoms with Gasteiger partial charge in [-0.25, -0.2) is 0 Å². The lowest BCUT2D eigenvalue weighted by molar-refractivity contribution is -0.149. The summed E-state index contributed by atoms with van der Waals surface area (Å²) in [7, 11) is 1.30. The van der Waals surface area contributed by atoms with Gasteiger partial charge >= 0.3 is 12.1 Å². The zero-order valence-electron chi connectivity index (χ0n) is 10.1. The highest BCUT2D eigenvalue weighted by Crippen LogP contribution is 2.51. The summed E-state index contributed by atoms with van der Waals surface area (Å²) >= 11 is 6.31. The van der Waals surface area contributed by atoms with Crippen molar-refractivity contribution < 1.29 is 22.7 Å². The van der Waals surface area contributed by atoms with Gasteiger partial charge in [0.2, 0.25) is 0 Å². The van der Waals surface area contributed by atoms with Gasteiger partial charge in [-0.2, -0.15) is 13.2 Å². The number of rotatable bonds is 2. The zero-order chi connectivity index (χ0) is 14.3. The highest BCUT2D eigenvalue weighted by Gasteiger charge is 2.48. The summed E-state index contributed by atoms with van der Waals surface area (Å²) in [5.74, 6) is -0.604. The van der Waals surface area contributed by atoms with E-state index in [2.05, 4.69) is 4.74 Å². The minimum absolute atomic E-state index is 0.273. The Kier molecular flexibility index (Phi) is 3.51. The highest BCUT2D eigenvalue weighted by atomic mass is 35.5. The van der Waals surface area contributed by atoms with Crippen molar-refractivity contribution >= 4 is 17.6 Å². The monoisotopic (exact) mass is 292 g/mol. The summed E-state index contributed by atoms with van der Waals surface area (Å²) < 4.78 is 41.9. The molecule has 0 atom stereocenters. The molecule has 0 aliphatic heterocycles. The molecule has 1 fully saturated rings. The van der Waals surface area contributed by atoms with Gasteiger partial charge in [0.05, 0.1) is 23.5 Å². The Bertz CT molecular complexity index is 476. The van der Waals surface area contributed by atoms with Gasteiger partial charge in [0, 0.05) is 0 Å². The molecule has 1 aliphatic rings. The first-order valence-electron chi connectivity index (χ1n) is 5.71. The summed E-state index contributed by atoms with van der Waals surface area (Å²) in [6.07, 6.45) is -3.59. The Labute approximate surface area is 113 Å². The van der Waals surface area contributed by atoms with Gasteiger partial charge in [-0.15, -0.1) is 11.6 Å². The van der Waals surface area contributed by atoms with Gasteiger partial charge in [0.1, 0.15) is 0 Å². The molecule has 0 unspecified atom stereocenters. The number of carbonyl (C=O) groups is 1. The number of hydrogen-bond donors (Lipinski definition) is 0. The van der Waals surface area contributed by atoms with Crippen LogP contribution in [-0.4, -0.2) is 13.1 Å². The summed E-state index contributed by atoms with van der Waals surface area (Å²) in [4.78, 5) is 10.5. The first-order chi connectivity index (χ1) is 8.76. The summed E-state index contributed by atoms with van der Waals surface area (Å²) in [6.45, 7) is 0. The van der Waals surface area contributed by atoms with Crippen LogP contribution in [-0.2, 0) is 20.6 Å². The van der Waals surface area contributed by atoms with Crippen LogP contribution in [0.5, 0.6) is 0 Å². The van der Waals surface area contributed by atoms with Crippen LogP contribution in [0.4, 0.5) is 13.2 Å². The Balaban J connectivity index is 2.10. The van der Waals surface area contributed by atoms with Crippen LogP contribution < -0.4 is 0 Å². The minimum Gasteiger partial charge on any atom is -0.469 e. The molecule has 0 saturated heterocycles. The number of alkyl halides is 4. The first-order valence-corrected chi connectivity index (χ1v) is 6.08.